The number of carbonyl (C=O) groups is 1. The minimum Gasteiger partial charge on any atom is -0.356 e. The molecule has 3 nitrogen and oxygen atoms in total. The summed E-state index contributed by atoms with van der Waals surface area (Å²) in [7, 11) is 0. The normalized spacial score (nSPS) is 15.9. The van der Waals surface area contributed by atoms with Gasteiger partial charge in [-0.25, -0.2) is 4.79 Å². The maximum absolute atomic E-state index is 10.4. The summed E-state index contributed by atoms with van der Waals surface area (Å²) >= 11 is 0. The first-order valence-corrected chi connectivity index (χ1v) is 2.76. The lowest BCUT2D eigenvalue weighted by Crippen LogP contribution is -2.24. The lowest BCUT2D eigenvalue weighted by atomic mass is 10.7. The highest BCUT2D eigenvalue weighted by molar-refractivity contribution is 5.69. The van der Waals surface area contributed by atoms with Crippen molar-refractivity contribution < 1.29 is 9.53 Å². The number of nitrogens with one attached hydrogen (secondary N) is 1. The van der Waals surface area contributed by atoms with E-state index < -0.39 is 6.09 Å². The van der Waals surface area contributed by atoms with Crippen LogP contribution in [0, 0.1) is 12.5 Å². The molecule has 1 fully saturated rings. The van der Waals surface area contributed by atoms with Crippen LogP contribution in [0.15, 0.2) is 0 Å². The van der Waals surface area contributed by atoms with Gasteiger partial charge in [0.1, 0.15) is 6.11 Å². The fourth-order valence-corrected chi connectivity index (χ4v) is 0.477. The standard InChI is InChI=1S/C6H7NO2/c1-2-9-6(8)7-5-3-4-5/h1,5H,3-4H2,(H,7,8). The van der Waals surface area contributed by atoms with Gasteiger partial charge in [0.15, 0.2) is 0 Å². The van der Waals surface area contributed by atoms with Crippen LogP contribution < -0.4 is 5.32 Å². The Morgan fingerprint density at radius 3 is 2.89 bits per heavy atom. The zero-order chi connectivity index (χ0) is 6.69. The molecule has 0 atom stereocenters. The molecule has 0 aromatic heterocycles. The summed E-state index contributed by atoms with van der Waals surface area (Å²) in [6, 6.07) is 0.311. The maximum atomic E-state index is 10.4. The number of amides is 1. The monoisotopic (exact) mass is 125 g/mol. The predicted octanol–water partition coefficient (Wildman–Crippen LogP) is 0.466. The van der Waals surface area contributed by atoms with Gasteiger partial charge in [0, 0.05) is 6.04 Å². The molecule has 48 valence electrons. The van der Waals surface area contributed by atoms with Gasteiger partial charge in [0.05, 0.1) is 0 Å². The zero-order valence-corrected chi connectivity index (χ0v) is 4.89. The third-order valence-electron chi connectivity index (χ3n) is 1.05. The Bertz CT molecular complexity index is 155. The Kier molecular flexibility index (Phi) is 1.59. The molecule has 9 heavy (non-hydrogen) atoms. The van der Waals surface area contributed by atoms with Crippen molar-refractivity contribution in [3.05, 3.63) is 0 Å². The maximum Gasteiger partial charge on any atom is 0.421 e. The summed E-state index contributed by atoms with van der Waals surface area (Å²) in [6.07, 6.45) is 8.05. The van der Waals surface area contributed by atoms with Crippen LogP contribution in [0.25, 0.3) is 0 Å². The number of hydrogen-bond acceptors (Lipinski definition) is 2. The molecule has 1 rings (SSSR count). The van der Waals surface area contributed by atoms with Crippen molar-refractivity contribution in [1.82, 2.24) is 5.32 Å². The van der Waals surface area contributed by atoms with Gasteiger partial charge in [-0.15, -0.1) is 0 Å². The van der Waals surface area contributed by atoms with Crippen LogP contribution in [0.5, 0.6) is 0 Å². The molecule has 0 heterocycles. The topological polar surface area (TPSA) is 38.3 Å². The van der Waals surface area contributed by atoms with Gasteiger partial charge in [-0.05, 0) is 12.8 Å². The van der Waals surface area contributed by atoms with E-state index in [0.29, 0.717) is 6.04 Å². The number of carbonyl (C=O) groups excluding carboxylic acids is 1. The Labute approximate surface area is 53.4 Å². The molecule has 1 N–H and O–H groups in total. The smallest absolute Gasteiger partial charge is 0.356 e. The summed E-state index contributed by atoms with van der Waals surface area (Å²) in [5, 5.41) is 2.55. The van der Waals surface area contributed by atoms with Crippen LogP contribution in [-0.4, -0.2) is 12.1 Å². The lowest BCUT2D eigenvalue weighted by Gasteiger charge is -1.95. The van der Waals surface area contributed by atoms with Crippen LogP contribution in [0.1, 0.15) is 12.8 Å². The van der Waals surface area contributed by atoms with Crippen molar-refractivity contribution in [2.24, 2.45) is 0 Å². The third kappa shape index (κ3) is 2.04. The summed E-state index contributed by atoms with van der Waals surface area (Å²) in [5.41, 5.74) is 0. The second kappa shape index (κ2) is 2.40. The molecule has 3 heteroatoms. The molecule has 0 unspecified atom stereocenters. The van der Waals surface area contributed by atoms with Crippen LogP contribution in [-0.2, 0) is 4.74 Å². The van der Waals surface area contributed by atoms with E-state index in [1.54, 1.807) is 6.11 Å². The van der Waals surface area contributed by atoms with E-state index in [2.05, 4.69) is 10.1 Å². The second-order valence-corrected chi connectivity index (χ2v) is 1.93. The molecular weight excluding hydrogens is 118 g/mol. The van der Waals surface area contributed by atoms with Crippen LogP contribution in [0.2, 0.25) is 0 Å². The van der Waals surface area contributed by atoms with Crippen LogP contribution in [0.4, 0.5) is 4.79 Å². The highest BCUT2D eigenvalue weighted by Crippen LogP contribution is 2.18. The third-order valence-corrected chi connectivity index (χ3v) is 1.05. The predicted molar refractivity (Wildman–Crippen MR) is 31.5 cm³/mol. The fraction of sp³-hybridized carbons (Fsp3) is 0.500. The van der Waals surface area contributed by atoms with Gasteiger partial charge >= 0.3 is 6.09 Å². The minimum atomic E-state index is -0.514. The summed E-state index contributed by atoms with van der Waals surface area (Å²) in [5.74, 6) is 0. The minimum absolute atomic E-state index is 0.311. The van der Waals surface area contributed by atoms with E-state index in [-0.39, 0.29) is 0 Å². The summed E-state index contributed by atoms with van der Waals surface area (Å²) in [4.78, 5) is 10.4. The van der Waals surface area contributed by atoms with Crippen molar-refractivity contribution in [2.75, 3.05) is 0 Å². The van der Waals surface area contributed by atoms with Crippen molar-refractivity contribution >= 4 is 6.09 Å². The van der Waals surface area contributed by atoms with Crippen molar-refractivity contribution in [2.45, 2.75) is 18.9 Å². The molecule has 1 amide bonds. The SMILES string of the molecule is C#COC(=O)NC1CC1. The Morgan fingerprint density at radius 1 is 1.78 bits per heavy atom. The number of rotatable bonds is 1. The fourth-order valence-electron chi connectivity index (χ4n) is 0.477. The Morgan fingerprint density at radius 2 is 2.44 bits per heavy atom. The quantitative estimate of drug-likeness (QED) is 0.517. The molecule has 0 aromatic rings. The highest BCUT2D eigenvalue weighted by atomic mass is 16.5. The largest absolute Gasteiger partial charge is 0.421 e. The van der Waals surface area contributed by atoms with Crippen molar-refractivity contribution in [1.29, 1.82) is 0 Å². The second-order valence-electron chi connectivity index (χ2n) is 1.93. The number of alkyl carbamates (subject to hydrolysis) is 1. The average Bonchev–Trinajstić information content (AvgIpc) is 2.50. The molecule has 0 aliphatic heterocycles. The summed E-state index contributed by atoms with van der Waals surface area (Å²) < 4.78 is 4.17. The molecule has 0 spiro atoms. The number of terminal acetylenes is 1. The van der Waals surface area contributed by atoms with Crippen molar-refractivity contribution in [3.8, 4) is 12.5 Å². The Balaban J connectivity index is 2.11. The summed E-state index contributed by atoms with van der Waals surface area (Å²) in [6.45, 7) is 0. The van der Waals surface area contributed by atoms with E-state index in [1.807, 2.05) is 0 Å². The molecule has 0 radical (unpaired) electrons. The van der Waals surface area contributed by atoms with Crippen LogP contribution in [0.3, 0.4) is 0 Å². The highest BCUT2D eigenvalue weighted by Gasteiger charge is 2.23. The van der Waals surface area contributed by atoms with E-state index >= 15 is 0 Å². The molecular formula is C6H7NO2. The van der Waals surface area contributed by atoms with E-state index in [1.165, 1.54) is 0 Å². The average molecular weight is 125 g/mol. The van der Waals surface area contributed by atoms with Crippen LogP contribution >= 0.6 is 0 Å². The molecule has 0 saturated heterocycles. The van der Waals surface area contributed by atoms with Gasteiger partial charge in [-0.1, -0.05) is 6.42 Å². The van der Waals surface area contributed by atoms with Crippen molar-refractivity contribution in [3.63, 3.8) is 0 Å². The van der Waals surface area contributed by atoms with E-state index in [9.17, 15) is 4.79 Å². The van der Waals surface area contributed by atoms with Gasteiger partial charge in [-0.2, -0.15) is 0 Å². The first-order valence-electron chi connectivity index (χ1n) is 2.76. The molecule has 0 aromatic carbocycles. The molecule has 1 aliphatic carbocycles. The first kappa shape index (κ1) is 5.96. The van der Waals surface area contributed by atoms with Gasteiger partial charge < -0.3 is 10.1 Å². The Hall–Kier alpha value is -1.17. The first-order chi connectivity index (χ1) is 4.33. The number of ether oxygens (including phenoxy) is 1. The molecule has 0 bridgehead atoms. The van der Waals surface area contributed by atoms with Gasteiger partial charge in [-0.3, -0.25) is 0 Å². The van der Waals surface area contributed by atoms with Gasteiger partial charge in [0.2, 0.25) is 0 Å². The molecule has 1 saturated carbocycles. The van der Waals surface area contributed by atoms with E-state index in [0.717, 1.165) is 12.8 Å². The van der Waals surface area contributed by atoms with Gasteiger partial charge in [0.25, 0.3) is 0 Å². The zero-order valence-electron chi connectivity index (χ0n) is 4.89. The lowest BCUT2D eigenvalue weighted by molar-refractivity contribution is 0.191. The number of hydrogen-bond donors (Lipinski definition) is 1. The van der Waals surface area contributed by atoms with E-state index in [4.69, 9.17) is 6.42 Å². The molecule has 1 aliphatic rings.